The van der Waals surface area contributed by atoms with E-state index in [1.807, 2.05) is 0 Å². The summed E-state index contributed by atoms with van der Waals surface area (Å²) in [5.74, 6) is 0.846. The van der Waals surface area contributed by atoms with Gasteiger partial charge in [0.05, 0.1) is 11.4 Å². The molecule has 0 bridgehead atoms. The molecule has 8 heteroatoms. The van der Waals surface area contributed by atoms with E-state index in [2.05, 4.69) is 5.32 Å². The first kappa shape index (κ1) is 15.9. The number of amides is 1. The van der Waals surface area contributed by atoms with E-state index in [0.717, 1.165) is 11.8 Å². The summed E-state index contributed by atoms with van der Waals surface area (Å²) in [5, 5.41) is 2.71. The molecule has 0 atom stereocenters. The Labute approximate surface area is 131 Å². The van der Waals surface area contributed by atoms with Crippen LogP contribution in [0.1, 0.15) is 21.9 Å². The number of hydrogen-bond acceptors (Lipinski definition) is 4. The van der Waals surface area contributed by atoms with Gasteiger partial charge in [0, 0.05) is 21.3 Å². The number of carbonyl (C=O) groups is 1. The molecule has 112 valence electrons. The van der Waals surface area contributed by atoms with E-state index in [9.17, 15) is 13.2 Å². The highest BCUT2D eigenvalue weighted by Gasteiger charge is 2.15. The lowest BCUT2D eigenvalue weighted by Gasteiger charge is -2.06. The number of nitrogens with one attached hydrogen (secondary N) is 1. The van der Waals surface area contributed by atoms with Crippen LogP contribution in [0.5, 0.6) is 0 Å². The van der Waals surface area contributed by atoms with Gasteiger partial charge < -0.3 is 9.73 Å². The van der Waals surface area contributed by atoms with Gasteiger partial charge in [0.1, 0.15) is 11.5 Å². The van der Waals surface area contributed by atoms with Gasteiger partial charge in [-0.25, -0.2) is 8.42 Å². The minimum atomic E-state index is -3.96. The fourth-order valence-corrected chi connectivity index (χ4v) is 2.79. The predicted molar refractivity (Wildman–Crippen MR) is 79.1 cm³/mol. The molecule has 1 aromatic carbocycles. The first-order valence-electron chi connectivity index (χ1n) is 5.84. The molecule has 0 aliphatic heterocycles. The highest BCUT2D eigenvalue weighted by Crippen LogP contribution is 2.22. The zero-order chi connectivity index (χ0) is 15.6. The molecule has 0 radical (unpaired) electrons. The Balaban J connectivity index is 2.17. The van der Waals surface area contributed by atoms with E-state index < -0.39 is 15.0 Å². The minimum Gasteiger partial charge on any atom is -0.465 e. The van der Waals surface area contributed by atoms with Crippen LogP contribution in [0.25, 0.3) is 0 Å². The Morgan fingerprint density at radius 3 is 2.57 bits per heavy atom. The second-order valence-electron chi connectivity index (χ2n) is 4.31. The smallest absolute Gasteiger partial charge is 0.261 e. The zero-order valence-corrected chi connectivity index (χ0v) is 13.2. The van der Waals surface area contributed by atoms with Crippen LogP contribution >= 0.6 is 22.3 Å². The molecule has 0 spiro atoms. The summed E-state index contributed by atoms with van der Waals surface area (Å²) in [6.45, 7) is 1.97. The summed E-state index contributed by atoms with van der Waals surface area (Å²) in [6.07, 6.45) is 0. The largest absolute Gasteiger partial charge is 0.465 e. The first-order valence-corrected chi connectivity index (χ1v) is 8.53. The highest BCUT2D eigenvalue weighted by atomic mass is 35.7. The van der Waals surface area contributed by atoms with Crippen molar-refractivity contribution in [1.29, 1.82) is 0 Å². The molecule has 1 heterocycles. The minimum absolute atomic E-state index is 0.102. The van der Waals surface area contributed by atoms with Crippen molar-refractivity contribution < 1.29 is 17.6 Å². The Morgan fingerprint density at radius 2 is 2.00 bits per heavy atom. The van der Waals surface area contributed by atoms with E-state index in [4.69, 9.17) is 26.7 Å². The number of rotatable bonds is 4. The van der Waals surface area contributed by atoms with Crippen molar-refractivity contribution in [2.24, 2.45) is 0 Å². The van der Waals surface area contributed by atoms with Gasteiger partial charge in [-0.1, -0.05) is 11.6 Å². The van der Waals surface area contributed by atoms with Crippen molar-refractivity contribution in [2.45, 2.75) is 18.4 Å². The standard InChI is InChI=1S/C13H11Cl2NO4S/c1-8-2-3-11(20-8)7-16-13(17)9-4-10(14)6-12(5-9)21(15,18)19/h2-6H,7H2,1H3,(H,16,17). The highest BCUT2D eigenvalue weighted by molar-refractivity contribution is 8.13. The summed E-state index contributed by atoms with van der Waals surface area (Å²) in [6, 6.07) is 7.21. The van der Waals surface area contributed by atoms with Crippen LogP contribution in [0.2, 0.25) is 5.02 Å². The van der Waals surface area contributed by atoms with Crippen LogP contribution in [-0.4, -0.2) is 14.3 Å². The molecule has 0 saturated heterocycles. The van der Waals surface area contributed by atoms with E-state index >= 15 is 0 Å². The van der Waals surface area contributed by atoms with Crippen molar-refractivity contribution in [1.82, 2.24) is 5.32 Å². The van der Waals surface area contributed by atoms with E-state index in [1.54, 1.807) is 19.1 Å². The monoisotopic (exact) mass is 347 g/mol. The molecule has 0 saturated carbocycles. The van der Waals surface area contributed by atoms with Crippen molar-refractivity contribution in [2.75, 3.05) is 0 Å². The lowest BCUT2D eigenvalue weighted by Crippen LogP contribution is -2.22. The van der Waals surface area contributed by atoms with Crippen molar-refractivity contribution in [3.05, 3.63) is 52.4 Å². The van der Waals surface area contributed by atoms with Gasteiger partial charge in [0.2, 0.25) is 0 Å². The van der Waals surface area contributed by atoms with Crippen LogP contribution in [0, 0.1) is 6.92 Å². The average molecular weight is 348 g/mol. The third-order valence-electron chi connectivity index (χ3n) is 2.63. The lowest BCUT2D eigenvalue weighted by molar-refractivity contribution is 0.0947. The molecular formula is C13H11Cl2NO4S. The van der Waals surface area contributed by atoms with Crippen molar-refractivity contribution in [3.63, 3.8) is 0 Å². The maximum Gasteiger partial charge on any atom is 0.261 e. The second-order valence-corrected chi connectivity index (χ2v) is 7.31. The molecule has 1 N–H and O–H groups in total. The molecule has 0 unspecified atom stereocenters. The lowest BCUT2D eigenvalue weighted by atomic mass is 10.2. The van der Waals surface area contributed by atoms with Gasteiger partial charge >= 0.3 is 0 Å². The quantitative estimate of drug-likeness (QED) is 0.862. The third-order valence-corrected chi connectivity index (χ3v) is 4.19. The van der Waals surface area contributed by atoms with Crippen LogP contribution in [0.3, 0.4) is 0 Å². The molecule has 0 aliphatic carbocycles. The normalized spacial score (nSPS) is 11.4. The summed E-state index contributed by atoms with van der Waals surface area (Å²) in [4.78, 5) is 11.8. The van der Waals surface area contributed by atoms with E-state index in [-0.39, 0.29) is 22.0 Å². The number of furan rings is 1. The Hall–Kier alpha value is -1.50. The van der Waals surface area contributed by atoms with Crippen LogP contribution in [0.4, 0.5) is 0 Å². The number of carbonyl (C=O) groups excluding carboxylic acids is 1. The van der Waals surface area contributed by atoms with Gasteiger partial charge in [0.15, 0.2) is 0 Å². The number of halogens is 2. The Bertz CT molecular complexity index is 783. The van der Waals surface area contributed by atoms with Crippen molar-refractivity contribution >= 4 is 37.2 Å². The molecule has 0 aliphatic rings. The maximum atomic E-state index is 12.0. The zero-order valence-electron chi connectivity index (χ0n) is 10.9. The SMILES string of the molecule is Cc1ccc(CNC(=O)c2cc(Cl)cc(S(=O)(=O)Cl)c2)o1. The van der Waals surface area contributed by atoms with Gasteiger partial charge in [0.25, 0.3) is 15.0 Å². The van der Waals surface area contributed by atoms with E-state index in [0.29, 0.717) is 5.76 Å². The fourth-order valence-electron chi connectivity index (χ4n) is 1.68. The molecule has 21 heavy (non-hydrogen) atoms. The van der Waals surface area contributed by atoms with Crippen molar-refractivity contribution in [3.8, 4) is 0 Å². The van der Waals surface area contributed by atoms with E-state index in [1.165, 1.54) is 12.1 Å². The summed E-state index contributed by atoms with van der Waals surface area (Å²) in [5.41, 5.74) is 0.102. The van der Waals surface area contributed by atoms with Gasteiger partial charge in [-0.05, 0) is 37.3 Å². The summed E-state index contributed by atoms with van der Waals surface area (Å²) in [7, 11) is 1.29. The molecular weight excluding hydrogens is 337 g/mol. The number of hydrogen-bond donors (Lipinski definition) is 1. The molecule has 5 nitrogen and oxygen atoms in total. The van der Waals surface area contributed by atoms with Crippen LogP contribution in [-0.2, 0) is 15.6 Å². The fraction of sp³-hybridized carbons (Fsp3) is 0.154. The molecule has 1 aromatic heterocycles. The Kier molecular flexibility index (Phi) is 4.61. The third kappa shape index (κ3) is 4.23. The second kappa shape index (κ2) is 6.09. The van der Waals surface area contributed by atoms with Crippen LogP contribution < -0.4 is 5.32 Å². The predicted octanol–water partition coefficient (Wildman–Crippen LogP) is 3.10. The molecule has 2 aromatic rings. The molecule has 2 rings (SSSR count). The molecule has 0 fully saturated rings. The van der Waals surface area contributed by atoms with Gasteiger partial charge in [-0.2, -0.15) is 0 Å². The Morgan fingerprint density at radius 1 is 1.29 bits per heavy atom. The topological polar surface area (TPSA) is 76.4 Å². The maximum absolute atomic E-state index is 12.0. The average Bonchev–Trinajstić information content (AvgIpc) is 2.80. The van der Waals surface area contributed by atoms with Gasteiger partial charge in [-0.3, -0.25) is 4.79 Å². The number of benzene rings is 1. The first-order chi connectivity index (χ1) is 9.75. The van der Waals surface area contributed by atoms with Crippen LogP contribution in [0.15, 0.2) is 39.6 Å². The molecule has 1 amide bonds. The summed E-state index contributed by atoms with van der Waals surface area (Å²) < 4.78 is 27.9. The van der Waals surface area contributed by atoms with Gasteiger partial charge in [-0.15, -0.1) is 0 Å². The number of aryl methyl sites for hydroxylation is 1. The summed E-state index contributed by atoms with van der Waals surface area (Å²) >= 11 is 5.80.